The predicted molar refractivity (Wildman–Crippen MR) is 168 cm³/mol. The third-order valence-electron chi connectivity index (χ3n) is 6.86. The number of hydrogen-bond donors (Lipinski definition) is 0. The van der Waals surface area contributed by atoms with Gasteiger partial charge in [0.05, 0.1) is 0 Å². The number of aromatic nitrogens is 1. The molecule has 0 saturated heterocycles. The molecule has 1 radical (unpaired) electrons. The summed E-state index contributed by atoms with van der Waals surface area (Å²) in [5, 5.41) is 6.99. The van der Waals surface area contributed by atoms with Crippen LogP contribution in [0.15, 0.2) is 158 Å². The maximum atomic E-state index is 14.2. The summed E-state index contributed by atoms with van der Waals surface area (Å²) in [5.74, 6) is 0. The van der Waals surface area contributed by atoms with Gasteiger partial charge in [-0.3, -0.25) is 0 Å². The van der Waals surface area contributed by atoms with Crippen molar-refractivity contribution in [3.8, 4) is 11.3 Å². The zero-order chi connectivity index (χ0) is 27.2. The molecule has 0 amide bonds. The number of nitrogens with zero attached hydrogens (tertiary/aromatic N) is 1. The third kappa shape index (κ3) is 6.14. The Bertz CT molecular complexity index is 1880. The fourth-order valence-electron chi connectivity index (χ4n) is 4.78. The van der Waals surface area contributed by atoms with Crippen molar-refractivity contribution < 1.29 is 24.7 Å². The first kappa shape index (κ1) is 28.4. The molecule has 1 aromatic heterocycles. The molecule has 0 aliphatic heterocycles. The summed E-state index contributed by atoms with van der Waals surface area (Å²) >= 11 is 0. The Morgan fingerprint density at radius 1 is 0.537 bits per heavy atom. The molecule has 0 saturated carbocycles. The van der Waals surface area contributed by atoms with Gasteiger partial charge in [-0.25, -0.2) is 0 Å². The zero-order valence-electron chi connectivity index (χ0n) is 22.1. The van der Waals surface area contributed by atoms with Crippen molar-refractivity contribution in [1.82, 2.24) is 4.98 Å². The fourth-order valence-corrected chi connectivity index (χ4v) is 7.39. The second kappa shape index (κ2) is 13.0. The van der Waals surface area contributed by atoms with Crippen molar-refractivity contribution >= 4 is 44.6 Å². The fraction of sp³-hybridized carbons (Fsp3) is 0. The van der Waals surface area contributed by atoms with E-state index >= 15 is 0 Å². The second-order valence-corrected chi connectivity index (χ2v) is 12.2. The summed E-state index contributed by atoms with van der Waals surface area (Å²) in [4.78, 5) is 4.45. The largest absolute Gasteiger partial charge is 0.311 e. The van der Waals surface area contributed by atoms with E-state index in [1.165, 1.54) is 10.8 Å². The minimum atomic E-state index is -2.94. The van der Waals surface area contributed by atoms with Crippen LogP contribution in [0.5, 0.6) is 0 Å². The van der Waals surface area contributed by atoms with Gasteiger partial charge in [0.2, 0.25) is 0 Å². The maximum Gasteiger partial charge on any atom is 0.147 e. The summed E-state index contributed by atoms with van der Waals surface area (Å²) in [5.41, 5.74) is 2.01. The van der Waals surface area contributed by atoms with Gasteiger partial charge in [0.25, 0.3) is 0 Å². The van der Waals surface area contributed by atoms with Crippen LogP contribution in [-0.2, 0) is 24.7 Å². The molecule has 0 bridgehead atoms. The molecule has 2 nitrogen and oxygen atoms in total. The number of benzene rings is 6. The topological polar surface area (TPSA) is 30.0 Å². The SMILES string of the molecule is O=P(c1[c-]cc2ccccc2c1)(c1ccccc1)c1ccccc1.[Ir].[c-]1ccccc1-c1cc2ccccc2cn1. The molecule has 7 aromatic rings. The van der Waals surface area contributed by atoms with E-state index in [4.69, 9.17) is 0 Å². The van der Waals surface area contributed by atoms with Crippen LogP contribution in [0.4, 0.5) is 0 Å². The molecule has 0 unspecified atom stereocenters. The molecule has 0 atom stereocenters. The van der Waals surface area contributed by atoms with Crippen LogP contribution in [0.25, 0.3) is 32.8 Å². The molecule has 0 N–H and O–H groups in total. The van der Waals surface area contributed by atoms with E-state index < -0.39 is 7.14 Å². The number of rotatable bonds is 4. The van der Waals surface area contributed by atoms with Crippen LogP contribution < -0.4 is 15.9 Å². The molecule has 201 valence electrons. The molecule has 0 aliphatic rings. The van der Waals surface area contributed by atoms with Crippen LogP contribution in [-0.4, -0.2) is 4.98 Å². The van der Waals surface area contributed by atoms with Gasteiger partial charge in [-0.2, -0.15) is 18.2 Å². The molecule has 4 heteroatoms. The Hall–Kier alpha value is -4.13. The van der Waals surface area contributed by atoms with Crippen LogP contribution >= 0.6 is 7.14 Å². The average Bonchev–Trinajstić information content (AvgIpc) is 3.05. The Balaban J connectivity index is 0.000000173. The number of hydrogen-bond acceptors (Lipinski definition) is 2. The van der Waals surface area contributed by atoms with Gasteiger partial charge in [0.1, 0.15) is 7.14 Å². The van der Waals surface area contributed by atoms with Crippen molar-refractivity contribution in [3.05, 3.63) is 170 Å². The predicted octanol–water partition coefficient (Wildman–Crippen LogP) is 7.98. The molecular weight excluding hydrogens is 698 g/mol. The van der Waals surface area contributed by atoms with Gasteiger partial charge in [0, 0.05) is 36.9 Å². The van der Waals surface area contributed by atoms with Crippen LogP contribution in [0, 0.1) is 12.1 Å². The van der Waals surface area contributed by atoms with E-state index in [-0.39, 0.29) is 20.1 Å². The molecular formula is C37H26IrNOP-2. The van der Waals surface area contributed by atoms with E-state index in [2.05, 4.69) is 35.3 Å². The molecule has 41 heavy (non-hydrogen) atoms. The first-order chi connectivity index (χ1) is 19.7. The van der Waals surface area contributed by atoms with E-state index in [1.807, 2.05) is 140 Å². The minimum Gasteiger partial charge on any atom is -0.311 e. The Morgan fingerprint density at radius 2 is 1.07 bits per heavy atom. The van der Waals surface area contributed by atoms with Gasteiger partial charge >= 0.3 is 0 Å². The molecule has 7 rings (SSSR count). The van der Waals surface area contributed by atoms with E-state index in [9.17, 15) is 4.57 Å². The standard InChI is InChI=1S/C22H16OP.C15H10N.Ir/c23-24(20-11-3-1-4-12-20,21-13-5-2-6-14-21)22-16-15-18-9-7-8-10-19(18)17-22;1-2-6-12(7-3-1)15-10-13-8-4-5-9-14(13)11-16-15;/h1-15,17H;1-6,8-11H;/q2*-1;. The summed E-state index contributed by atoms with van der Waals surface area (Å²) in [6, 6.07) is 56.2. The van der Waals surface area contributed by atoms with Gasteiger partial charge in [-0.05, 0) is 16.5 Å². The monoisotopic (exact) mass is 724 g/mol. The maximum absolute atomic E-state index is 14.2. The van der Waals surface area contributed by atoms with Crippen molar-refractivity contribution in [1.29, 1.82) is 0 Å². The number of fused-ring (bicyclic) bond motifs is 2. The Kier molecular flexibility index (Phi) is 9.02. The normalized spacial score (nSPS) is 10.8. The summed E-state index contributed by atoms with van der Waals surface area (Å²) < 4.78 is 14.2. The van der Waals surface area contributed by atoms with Crippen LogP contribution in [0.2, 0.25) is 0 Å². The van der Waals surface area contributed by atoms with Crippen molar-refractivity contribution in [2.75, 3.05) is 0 Å². The van der Waals surface area contributed by atoms with E-state index in [0.29, 0.717) is 0 Å². The van der Waals surface area contributed by atoms with Crippen molar-refractivity contribution in [2.24, 2.45) is 0 Å². The smallest absolute Gasteiger partial charge is 0.147 e. The van der Waals surface area contributed by atoms with E-state index in [1.54, 1.807) is 0 Å². The molecule has 6 aromatic carbocycles. The van der Waals surface area contributed by atoms with Crippen molar-refractivity contribution in [3.63, 3.8) is 0 Å². The third-order valence-corrected chi connectivity index (χ3v) is 9.85. The summed E-state index contributed by atoms with van der Waals surface area (Å²) in [6.07, 6.45) is 1.91. The van der Waals surface area contributed by atoms with Crippen LogP contribution in [0.1, 0.15) is 0 Å². The van der Waals surface area contributed by atoms with Gasteiger partial charge < -0.3 is 9.55 Å². The first-order valence-electron chi connectivity index (χ1n) is 13.2. The van der Waals surface area contributed by atoms with Gasteiger partial charge in [-0.15, -0.1) is 52.7 Å². The van der Waals surface area contributed by atoms with Gasteiger partial charge in [0.15, 0.2) is 0 Å². The summed E-state index contributed by atoms with van der Waals surface area (Å²) in [6.45, 7) is 0. The average molecular weight is 724 g/mol. The second-order valence-electron chi connectivity index (χ2n) is 9.42. The Morgan fingerprint density at radius 3 is 1.68 bits per heavy atom. The molecule has 0 fully saturated rings. The minimum absolute atomic E-state index is 0. The van der Waals surface area contributed by atoms with Crippen LogP contribution in [0.3, 0.4) is 0 Å². The van der Waals surface area contributed by atoms with E-state index in [0.717, 1.165) is 37.9 Å². The van der Waals surface area contributed by atoms with Gasteiger partial charge in [-0.1, -0.05) is 114 Å². The quantitative estimate of drug-likeness (QED) is 0.136. The molecule has 0 spiro atoms. The van der Waals surface area contributed by atoms with Crippen molar-refractivity contribution in [2.45, 2.75) is 0 Å². The number of pyridine rings is 1. The first-order valence-corrected chi connectivity index (χ1v) is 14.9. The summed E-state index contributed by atoms with van der Waals surface area (Å²) in [7, 11) is -2.94. The molecule has 0 aliphatic carbocycles. The Labute approximate surface area is 254 Å². The molecule has 1 heterocycles. The zero-order valence-corrected chi connectivity index (χ0v) is 25.4.